The van der Waals surface area contributed by atoms with Crippen LogP contribution in [-0.2, 0) is 9.59 Å². The van der Waals surface area contributed by atoms with Crippen LogP contribution in [0.4, 0.5) is 5.69 Å². The number of rotatable bonds is 3. The minimum Gasteiger partial charge on any atom is -0.353 e. The molecule has 24 heavy (non-hydrogen) atoms. The van der Waals surface area contributed by atoms with Crippen molar-refractivity contribution in [3.05, 3.63) is 29.8 Å². The van der Waals surface area contributed by atoms with Crippen molar-refractivity contribution in [2.24, 2.45) is 5.92 Å². The van der Waals surface area contributed by atoms with Crippen LogP contribution in [0.25, 0.3) is 0 Å². The number of para-hydroxylation sites is 1. The highest BCUT2D eigenvalue weighted by molar-refractivity contribution is 6.01. The van der Waals surface area contributed by atoms with E-state index in [1.807, 2.05) is 6.07 Å². The number of hydrogen-bond acceptors (Lipinski definition) is 3. The summed E-state index contributed by atoms with van der Waals surface area (Å²) in [7, 11) is 0. The van der Waals surface area contributed by atoms with Crippen LogP contribution in [0.1, 0.15) is 50.5 Å². The van der Waals surface area contributed by atoms with Gasteiger partial charge in [-0.15, -0.1) is 0 Å². The van der Waals surface area contributed by atoms with Crippen LogP contribution in [-0.4, -0.2) is 24.4 Å². The fourth-order valence-electron chi connectivity index (χ4n) is 3.66. The molecule has 2 fully saturated rings. The largest absolute Gasteiger partial charge is 0.353 e. The highest BCUT2D eigenvalue weighted by Gasteiger charge is 2.36. The monoisotopic (exact) mass is 325 g/mol. The summed E-state index contributed by atoms with van der Waals surface area (Å²) >= 11 is 0. The van der Waals surface area contributed by atoms with Crippen LogP contribution in [0.3, 0.4) is 0 Å². The van der Waals surface area contributed by atoms with E-state index in [2.05, 4.69) is 11.4 Å². The third kappa shape index (κ3) is 3.59. The molecule has 1 saturated carbocycles. The molecule has 2 aliphatic rings. The quantitative estimate of drug-likeness (QED) is 0.869. The number of carbonyl (C=O) groups excluding carboxylic acids is 2. The first kappa shape index (κ1) is 16.5. The average Bonchev–Trinajstić information content (AvgIpc) is 2.80. The van der Waals surface area contributed by atoms with Gasteiger partial charge in [-0.3, -0.25) is 9.59 Å². The molecule has 1 saturated heterocycles. The molecule has 1 aliphatic heterocycles. The first-order valence-electron chi connectivity index (χ1n) is 8.79. The minimum atomic E-state index is -0.326. The molecular weight excluding hydrogens is 302 g/mol. The summed E-state index contributed by atoms with van der Waals surface area (Å²) < 4.78 is 0. The van der Waals surface area contributed by atoms with Crippen molar-refractivity contribution in [3.63, 3.8) is 0 Å². The molecule has 5 nitrogen and oxygen atoms in total. The second-order valence-electron chi connectivity index (χ2n) is 6.73. The Morgan fingerprint density at radius 1 is 1.17 bits per heavy atom. The molecule has 126 valence electrons. The molecule has 3 rings (SSSR count). The average molecular weight is 325 g/mol. The lowest BCUT2D eigenvalue weighted by molar-refractivity contribution is -0.127. The normalized spacial score (nSPS) is 22.0. The number of amides is 2. The predicted molar refractivity (Wildman–Crippen MR) is 91.2 cm³/mol. The Hall–Kier alpha value is -2.35. The Morgan fingerprint density at radius 2 is 1.88 bits per heavy atom. The number of carbonyl (C=O) groups is 2. The maximum atomic E-state index is 12.5. The van der Waals surface area contributed by atoms with Gasteiger partial charge in [-0.05, 0) is 25.0 Å². The zero-order chi connectivity index (χ0) is 16.9. The van der Waals surface area contributed by atoms with Crippen molar-refractivity contribution in [3.8, 4) is 6.07 Å². The number of anilines is 1. The van der Waals surface area contributed by atoms with Gasteiger partial charge in [-0.25, -0.2) is 0 Å². The van der Waals surface area contributed by atoms with Crippen LogP contribution in [0.2, 0.25) is 0 Å². The molecule has 1 N–H and O–H groups in total. The van der Waals surface area contributed by atoms with Gasteiger partial charge in [0.25, 0.3) is 0 Å². The maximum Gasteiger partial charge on any atom is 0.227 e. The molecule has 1 unspecified atom stereocenters. The Morgan fingerprint density at radius 3 is 2.58 bits per heavy atom. The van der Waals surface area contributed by atoms with Crippen molar-refractivity contribution >= 4 is 17.5 Å². The number of nitrogens with zero attached hydrogens (tertiary/aromatic N) is 2. The molecule has 0 spiro atoms. The molecular formula is C19H23N3O2. The first-order chi connectivity index (χ1) is 11.7. The van der Waals surface area contributed by atoms with E-state index in [0.717, 1.165) is 25.7 Å². The number of benzene rings is 1. The zero-order valence-electron chi connectivity index (χ0n) is 13.8. The molecule has 0 radical (unpaired) electrons. The van der Waals surface area contributed by atoms with E-state index >= 15 is 0 Å². The van der Waals surface area contributed by atoms with Crippen molar-refractivity contribution in [1.29, 1.82) is 5.26 Å². The summed E-state index contributed by atoms with van der Waals surface area (Å²) in [4.78, 5) is 26.5. The summed E-state index contributed by atoms with van der Waals surface area (Å²) in [5, 5.41) is 12.4. The standard InChI is InChI=1S/C19H23N3O2/c20-12-14-7-5-6-10-17(14)22-13-15(11-18(22)23)19(24)21-16-8-3-1-2-4-9-16/h5-7,10,15-16H,1-4,8-9,11,13H2,(H,21,24). The van der Waals surface area contributed by atoms with Gasteiger partial charge >= 0.3 is 0 Å². The molecule has 1 heterocycles. The summed E-state index contributed by atoms with van der Waals surface area (Å²) in [6, 6.07) is 9.41. The van der Waals surface area contributed by atoms with Crippen molar-refractivity contribution in [2.75, 3.05) is 11.4 Å². The SMILES string of the molecule is N#Cc1ccccc1N1CC(C(=O)NC2CCCCCC2)CC1=O. The van der Waals surface area contributed by atoms with Crippen LogP contribution in [0.15, 0.2) is 24.3 Å². The van der Waals surface area contributed by atoms with E-state index in [4.69, 9.17) is 0 Å². The van der Waals surface area contributed by atoms with Crippen molar-refractivity contribution in [2.45, 2.75) is 51.0 Å². The summed E-state index contributed by atoms with van der Waals surface area (Å²) in [6.07, 6.45) is 7.10. The van der Waals surface area contributed by atoms with Crippen LogP contribution >= 0.6 is 0 Å². The predicted octanol–water partition coefficient (Wildman–Crippen LogP) is 2.75. The van der Waals surface area contributed by atoms with E-state index in [1.165, 1.54) is 12.8 Å². The highest BCUT2D eigenvalue weighted by atomic mass is 16.2. The zero-order valence-corrected chi connectivity index (χ0v) is 13.8. The molecule has 1 aromatic carbocycles. The Kier molecular flexibility index (Phi) is 5.14. The van der Waals surface area contributed by atoms with Crippen LogP contribution < -0.4 is 10.2 Å². The highest BCUT2D eigenvalue weighted by Crippen LogP contribution is 2.28. The molecule has 5 heteroatoms. The maximum absolute atomic E-state index is 12.5. The molecule has 2 amide bonds. The van der Waals surface area contributed by atoms with Gasteiger partial charge in [0, 0.05) is 19.0 Å². The Balaban J connectivity index is 1.66. The van der Waals surface area contributed by atoms with E-state index < -0.39 is 0 Å². The van der Waals surface area contributed by atoms with E-state index in [0.29, 0.717) is 17.8 Å². The van der Waals surface area contributed by atoms with Gasteiger partial charge in [0.2, 0.25) is 11.8 Å². The van der Waals surface area contributed by atoms with E-state index in [1.54, 1.807) is 23.1 Å². The van der Waals surface area contributed by atoms with E-state index in [9.17, 15) is 14.9 Å². The van der Waals surface area contributed by atoms with Gasteiger partial charge in [-0.2, -0.15) is 5.26 Å². The number of nitriles is 1. The molecule has 1 aliphatic carbocycles. The summed E-state index contributed by atoms with van der Waals surface area (Å²) in [5.41, 5.74) is 1.07. The molecule has 1 atom stereocenters. The van der Waals surface area contributed by atoms with Crippen LogP contribution in [0.5, 0.6) is 0 Å². The lowest BCUT2D eigenvalue weighted by Crippen LogP contribution is -2.39. The Bertz CT molecular complexity index is 657. The minimum absolute atomic E-state index is 0.0211. The number of nitrogens with one attached hydrogen (secondary N) is 1. The third-order valence-electron chi connectivity index (χ3n) is 5.01. The van der Waals surface area contributed by atoms with Crippen LogP contribution in [0, 0.1) is 17.2 Å². The lowest BCUT2D eigenvalue weighted by atomic mass is 10.0. The van der Waals surface area contributed by atoms with Gasteiger partial charge in [0.1, 0.15) is 6.07 Å². The van der Waals surface area contributed by atoms with Gasteiger partial charge in [0.05, 0.1) is 17.2 Å². The third-order valence-corrected chi connectivity index (χ3v) is 5.01. The van der Waals surface area contributed by atoms with Crippen molar-refractivity contribution in [1.82, 2.24) is 5.32 Å². The summed E-state index contributed by atoms with van der Waals surface area (Å²) in [5.74, 6) is -0.432. The first-order valence-corrected chi connectivity index (χ1v) is 8.79. The molecule has 1 aromatic rings. The molecule has 0 aromatic heterocycles. The fourth-order valence-corrected chi connectivity index (χ4v) is 3.66. The lowest BCUT2D eigenvalue weighted by Gasteiger charge is -2.20. The topological polar surface area (TPSA) is 73.2 Å². The Labute approximate surface area is 142 Å². The molecule has 0 bridgehead atoms. The van der Waals surface area contributed by atoms with Gasteiger partial charge in [0.15, 0.2) is 0 Å². The summed E-state index contributed by atoms with van der Waals surface area (Å²) in [6.45, 7) is 0.357. The fraction of sp³-hybridized carbons (Fsp3) is 0.526. The second-order valence-corrected chi connectivity index (χ2v) is 6.73. The van der Waals surface area contributed by atoms with Gasteiger partial charge in [-0.1, -0.05) is 37.8 Å². The van der Waals surface area contributed by atoms with Gasteiger partial charge < -0.3 is 10.2 Å². The van der Waals surface area contributed by atoms with E-state index in [-0.39, 0.29) is 30.2 Å². The smallest absolute Gasteiger partial charge is 0.227 e. The second kappa shape index (κ2) is 7.48. The number of hydrogen-bond donors (Lipinski definition) is 1. The van der Waals surface area contributed by atoms with Crippen molar-refractivity contribution < 1.29 is 9.59 Å².